The maximum atomic E-state index is 13.3. The van der Waals surface area contributed by atoms with Crippen molar-refractivity contribution in [3.8, 4) is 11.5 Å². The van der Waals surface area contributed by atoms with E-state index in [4.69, 9.17) is 16.3 Å². The summed E-state index contributed by atoms with van der Waals surface area (Å²) in [7, 11) is 0. The summed E-state index contributed by atoms with van der Waals surface area (Å²) in [5.74, 6) is 0.531. The quantitative estimate of drug-likeness (QED) is 0.812. The molecule has 0 aliphatic carbocycles. The summed E-state index contributed by atoms with van der Waals surface area (Å²) in [5.41, 5.74) is 0.880. The fourth-order valence-corrected chi connectivity index (χ4v) is 1.80. The van der Waals surface area contributed by atoms with Crippen molar-refractivity contribution < 1.29 is 9.13 Å². The fourth-order valence-electron chi connectivity index (χ4n) is 1.69. The smallest absolute Gasteiger partial charge is 0.145 e. The highest BCUT2D eigenvalue weighted by Crippen LogP contribution is 2.25. The number of benzene rings is 1. The van der Waals surface area contributed by atoms with Crippen LogP contribution in [0.25, 0.3) is 0 Å². The van der Waals surface area contributed by atoms with Crippen molar-refractivity contribution in [1.82, 2.24) is 10.3 Å². The number of nitrogens with zero attached hydrogens (tertiary/aromatic N) is 1. The topological polar surface area (TPSA) is 34.1 Å². The summed E-state index contributed by atoms with van der Waals surface area (Å²) in [6.07, 6.45) is 2.74. The third-order valence-corrected chi connectivity index (χ3v) is 2.95. The summed E-state index contributed by atoms with van der Waals surface area (Å²) in [6.45, 7) is 3.73. The van der Waals surface area contributed by atoms with Gasteiger partial charge in [0, 0.05) is 24.9 Å². The van der Waals surface area contributed by atoms with Crippen molar-refractivity contribution in [3.63, 3.8) is 0 Å². The van der Waals surface area contributed by atoms with Gasteiger partial charge in [-0.15, -0.1) is 0 Å². The summed E-state index contributed by atoms with van der Waals surface area (Å²) >= 11 is 5.63. The molecule has 1 N–H and O–H groups in total. The van der Waals surface area contributed by atoms with Gasteiger partial charge in [0.1, 0.15) is 17.3 Å². The standard InChI is InChI=1S/C15H16ClFN2O/c1-2-6-18-10-11-8-13(5-7-19-11)20-12-3-4-14(16)15(17)9-12/h3-5,7-9,18H,2,6,10H2,1H3. The molecule has 2 aromatic rings. The predicted octanol–water partition coefficient (Wildman–Crippen LogP) is 4.17. The van der Waals surface area contributed by atoms with E-state index < -0.39 is 5.82 Å². The molecule has 0 radical (unpaired) electrons. The second-order valence-corrected chi connectivity index (χ2v) is 4.74. The van der Waals surface area contributed by atoms with Gasteiger partial charge in [0.25, 0.3) is 0 Å². The molecule has 0 unspecified atom stereocenters. The molecule has 0 atom stereocenters. The van der Waals surface area contributed by atoms with Crippen molar-refractivity contribution in [2.75, 3.05) is 6.54 Å². The van der Waals surface area contributed by atoms with E-state index in [9.17, 15) is 4.39 Å². The first-order valence-electron chi connectivity index (χ1n) is 6.47. The first kappa shape index (κ1) is 14.8. The molecule has 5 heteroatoms. The van der Waals surface area contributed by atoms with E-state index in [1.807, 2.05) is 6.07 Å². The number of hydrogen-bond acceptors (Lipinski definition) is 3. The van der Waals surface area contributed by atoms with Gasteiger partial charge >= 0.3 is 0 Å². The Hall–Kier alpha value is -1.65. The lowest BCUT2D eigenvalue weighted by atomic mass is 10.3. The number of nitrogens with one attached hydrogen (secondary N) is 1. The van der Waals surface area contributed by atoms with Gasteiger partial charge in [-0.1, -0.05) is 18.5 Å². The van der Waals surface area contributed by atoms with Gasteiger partial charge in [-0.3, -0.25) is 4.98 Å². The van der Waals surface area contributed by atoms with Crippen molar-refractivity contribution in [1.29, 1.82) is 0 Å². The van der Waals surface area contributed by atoms with E-state index in [0.29, 0.717) is 18.0 Å². The average Bonchev–Trinajstić information content (AvgIpc) is 2.44. The molecule has 0 spiro atoms. The minimum atomic E-state index is -0.497. The number of hydrogen-bond donors (Lipinski definition) is 1. The van der Waals surface area contributed by atoms with Crippen LogP contribution in [-0.4, -0.2) is 11.5 Å². The molecule has 1 aromatic heterocycles. The van der Waals surface area contributed by atoms with Crippen molar-refractivity contribution in [2.24, 2.45) is 0 Å². The van der Waals surface area contributed by atoms with Crippen LogP contribution in [0.2, 0.25) is 5.02 Å². The van der Waals surface area contributed by atoms with Crippen LogP contribution < -0.4 is 10.1 Å². The minimum Gasteiger partial charge on any atom is -0.457 e. The predicted molar refractivity (Wildman–Crippen MR) is 77.7 cm³/mol. The van der Waals surface area contributed by atoms with E-state index in [2.05, 4.69) is 17.2 Å². The molecule has 2 rings (SSSR count). The normalized spacial score (nSPS) is 10.6. The van der Waals surface area contributed by atoms with Gasteiger partial charge < -0.3 is 10.1 Å². The highest BCUT2D eigenvalue weighted by molar-refractivity contribution is 6.30. The molecular formula is C15H16ClFN2O. The molecule has 0 aliphatic rings. The lowest BCUT2D eigenvalue weighted by Gasteiger charge is -2.08. The molecule has 0 saturated carbocycles. The van der Waals surface area contributed by atoms with Crippen molar-refractivity contribution in [2.45, 2.75) is 19.9 Å². The van der Waals surface area contributed by atoms with E-state index in [-0.39, 0.29) is 5.02 Å². The highest BCUT2D eigenvalue weighted by atomic mass is 35.5. The SMILES string of the molecule is CCCNCc1cc(Oc2ccc(Cl)c(F)c2)ccn1. The van der Waals surface area contributed by atoms with Gasteiger partial charge in [0.2, 0.25) is 0 Å². The van der Waals surface area contributed by atoms with Crippen LogP contribution in [0.4, 0.5) is 4.39 Å². The van der Waals surface area contributed by atoms with E-state index >= 15 is 0 Å². The number of ether oxygens (including phenoxy) is 1. The highest BCUT2D eigenvalue weighted by Gasteiger charge is 2.04. The van der Waals surface area contributed by atoms with Gasteiger partial charge in [-0.2, -0.15) is 0 Å². The Morgan fingerprint density at radius 2 is 2.05 bits per heavy atom. The lowest BCUT2D eigenvalue weighted by molar-refractivity contribution is 0.474. The fraction of sp³-hybridized carbons (Fsp3) is 0.267. The first-order valence-corrected chi connectivity index (χ1v) is 6.85. The van der Waals surface area contributed by atoms with E-state index in [1.54, 1.807) is 18.3 Å². The number of rotatable bonds is 6. The van der Waals surface area contributed by atoms with Crippen LogP contribution in [0.1, 0.15) is 19.0 Å². The Morgan fingerprint density at radius 1 is 1.25 bits per heavy atom. The average molecular weight is 295 g/mol. The van der Waals surface area contributed by atoms with Gasteiger partial charge in [0.15, 0.2) is 0 Å². The molecule has 1 heterocycles. The number of aromatic nitrogens is 1. The van der Waals surface area contributed by atoms with Gasteiger partial charge in [0.05, 0.1) is 10.7 Å². The van der Waals surface area contributed by atoms with Crippen LogP contribution >= 0.6 is 11.6 Å². The molecule has 1 aromatic carbocycles. The van der Waals surface area contributed by atoms with Crippen LogP contribution in [0.15, 0.2) is 36.5 Å². The number of pyridine rings is 1. The Balaban J connectivity index is 2.05. The molecular weight excluding hydrogens is 279 g/mol. The summed E-state index contributed by atoms with van der Waals surface area (Å²) in [5, 5.41) is 3.34. The van der Waals surface area contributed by atoms with E-state index in [1.165, 1.54) is 12.1 Å². The Morgan fingerprint density at radius 3 is 2.80 bits per heavy atom. The molecule has 0 aliphatic heterocycles. The molecule has 3 nitrogen and oxygen atoms in total. The maximum absolute atomic E-state index is 13.3. The third kappa shape index (κ3) is 4.18. The zero-order valence-corrected chi connectivity index (χ0v) is 12.0. The number of halogens is 2. The zero-order chi connectivity index (χ0) is 14.4. The zero-order valence-electron chi connectivity index (χ0n) is 11.2. The Labute approximate surface area is 122 Å². The lowest BCUT2D eigenvalue weighted by Crippen LogP contribution is -2.14. The van der Waals surface area contributed by atoms with Crippen LogP contribution in [0.5, 0.6) is 11.5 Å². The van der Waals surface area contributed by atoms with Crippen molar-refractivity contribution in [3.05, 3.63) is 53.1 Å². The molecule has 0 saturated heterocycles. The van der Waals surface area contributed by atoms with Crippen LogP contribution in [0.3, 0.4) is 0 Å². The molecule has 0 amide bonds. The van der Waals surface area contributed by atoms with Crippen LogP contribution in [-0.2, 0) is 6.54 Å². The van der Waals surface area contributed by atoms with E-state index in [0.717, 1.165) is 18.7 Å². The molecule has 20 heavy (non-hydrogen) atoms. The van der Waals surface area contributed by atoms with Crippen LogP contribution in [0, 0.1) is 5.82 Å². The molecule has 0 bridgehead atoms. The maximum Gasteiger partial charge on any atom is 0.145 e. The third-order valence-electron chi connectivity index (χ3n) is 2.65. The monoisotopic (exact) mass is 294 g/mol. The molecule has 106 valence electrons. The summed E-state index contributed by atoms with van der Waals surface area (Å²) in [6, 6.07) is 7.92. The minimum absolute atomic E-state index is 0.0801. The Bertz CT molecular complexity index is 578. The van der Waals surface area contributed by atoms with Gasteiger partial charge in [-0.05, 0) is 31.2 Å². The molecule has 0 fully saturated rings. The largest absolute Gasteiger partial charge is 0.457 e. The summed E-state index contributed by atoms with van der Waals surface area (Å²) in [4.78, 5) is 4.25. The van der Waals surface area contributed by atoms with Gasteiger partial charge in [-0.25, -0.2) is 4.39 Å². The Kier molecular flexibility index (Phi) is 5.32. The summed E-state index contributed by atoms with van der Waals surface area (Å²) < 4.78 is 18.9. The first-order chi connectivity index (χ1) is 9.69. The second-order valence-electron chi connectivity index (χ2n) is 4.34. The van der Waals surface area contributed by atoms with Crippen molar-refractivity contribution >= 4 is 11.6 Å². The second kappa shape index (κ2) is 7.22.